The number of nitrogens with zero attached hydrogens (tertiary/aromatic N) is 3. The second-order valence-corrected chi connectivity index (χ2v) is 6.60. The van der Waals surface area contributed by atoms with E-state index in [2.05, 4.69) is 31.0 Å². The Morgan fingerprint density at radius 3 is 2.09 bits per heavy atom. The van der Waals surface area contributed by atoms with E-state index in [1.165, 1.54) is 0 Å². The minimum absolute atomic E-state index is 0.154. The third kappa shape index (κ3) is 1.42. The average molecular weight is 304 g/mol. The molecule has 1 aliphatic heterocycles. The number of ether oxygens (including phenoxy) is 2. The predicted molar refractivity (Wildman–Crippen MR) is 81.3 cm³/mol. The number of nitriles is 2. The summed E-state index contributed by atoms with van der Waals surface area (Å²) >= 11 is 0. The predicted octanol–water partition coefficient (Wildman–Crippen LogP) is 2.17. The zero-order chi connectivity index (χ0) is 16.8. The zero-order valence-electron chi connectivity index (χ0n) is 13.9. The first-order valence-electron chi connectivity index (χ1n) is 7.75. The summed E-state index contributed by atoms with van der Waals surface area (Å²) in [5.41, 5.74) is 3.13. The van der Waals surface area contributed by atoms with E-state index in [1.807, 2.05) is 20.8 Å². The molecule has 0 bridgehead atoms. The average Bonchev–Trinajstić information content (AvgIpc) is 2.81. The first-order valence-corrected chi connectivity index (χ1v) is 7.75. The van der Waals surface area contributed by atoms with E-state index in [9.17, 15) is 10.5 Å². The molecule has 0 amide bonds. The van der Waals surface area contributed by atoms with Gasteiger partial charge in [0.05, 0.1) is 12.1 Å². The number of aliphatic imine (C=N–C) groups is 1. The number of rotatable bonds is 6. The summed E-state index contributed by atoms with van der Waals surface area (Å²) in [6.07, 6.45) is 0.673. The summed E-state index contributed by atoms with van der Waals surface area (Å²) in [7, 11) is 0. The van der Waals surface area contributed by atoms with E-state index in [0.717, 1.165) is 0 Å². The van der Waals surface area contributed by atoms with Gasteiger partial charge < -0.3 is 15.2 Å². The molecular formula is C16H24N4O2. The van der Waals surface area contributed by atoms with Crippen molar-refractivity contribution in [3.63, 3.8) is 0 Å². The van der Waals surface area contributed by atoms with Crippen molar-refractivity contribution in [3.8, 4) is 12.1 Å². The Bertz CT molecular complexity index is 582. The Balaban J connectivity index is 2.69. The SMILES string of the molecule is CCOC1(OCC)N=C(N)[C@@]2(C#N)[C@](C)(CC(C)C)[C@@]12C#N. The Hall–Kier alpha value is -1.63. The van der Waals surface area contributed by atoms with Gasteiger partial charge >= 0.3 is 0 Å². The van der Waals surface area contributed by atoms with Crippen molar-refractivity contribution in [3.05, 3.63) is 0 Å². The van der Waals surface area contributed by atoms with Crippen LogP contribution in [0.1, 0.15) is 41.0 Å². The minimum atomic E-state index is -1.49. The van der Waals surface area contributed by atoms with Gasteiger partial charge in [-0.2, -0.15) is 10.5 Å². The number of hydrogen-bond acceptors (Lipinski definition) is 6. The van der Waals surface area contributed by atoms with Crippen LogP contribution in [0.15, 0.2) is 4.99 Å². The van der Waals surface area contributed by atoms with Gasteiger partial charge in [-0.1, -0.05) is 20.8 Å². The quantitative estimate of drug-likeness (QED) is 0.757. The van der Waals surface area contributed by atoms with Gasteiger partial charge in [-0.25, -0.2) is 4.99 Å². The number of amidine groups is 1. The summed E-state index contributed by atoms with van der Waals surface area (Å²) in [6, 6.07) is 4.61. The molecule has 2 N–H and O–H groups in total. The number of hydrogen-bond donors (Lipinski definition) is 1. The van der Waals surface area contributed by atoms with Crippen molar-refractivity contribution in [2.75, 3.05) is 13.2 Å². The molecule has 1 fully saturated rings. The third-order valence-electron chi connectivity index (χ3n) is 5.11. The highest BCUT2D eigenvalue weighted by Crippen LogP contribution is 2.86. The van der Waals surface area contributed by atoms with Gasteiger partial charge in [-0.05, 0) is 26.2 Å². The van der Waals surface area contributed by atoms with Crippen LogP contribution in [0.4, 0.5) is 0 Å². The van der Waals surface area contributed by atoms with Crippen molar-refractivity contribution < 1.29 is 9.47 Å². The van der Waals surface area contributed by atoms with E-state index in [-0.39, 0.29) is 5.84 Å². The van der Waals surface area contributed by atoms with Crippen molar-refractivity contribution in [2.24, 2.45) is 32.9 Å². The van der Waals surface area contributed by atoms with Gasteiger partial charge in [0, 0.05) is 18.6 Å². The topological polar surface area (TPSA) is 104 Å². The molecule has 0 unspecified atom stereocenters. The van der Waals surface area contributed by atoms with Gasteiger partial charge in [0.15, 0.2) is 5.41 Å². The standard InChI is InChI=1S/C16H24N4O2/c1-6-21-16(22-7-2)15(10-18)13(5,8-11(3)4)14(15,9-17)12(19)20-16/h11H,6-8H2,1-5H3,(H2,19,20)/t13-,14-,15+/m0/s1. The normalized spacial score (nSPS) is 38.1. The smallest absolute Gasteiger partial charge is 0.293 e. The van der Waals surface area contributed by atoms with Gasteiger partial charge in [0.25, 0.3) is 5.91 Å². The Kier molecular flexibility index (Phi) is 3.76. The van der Waals surface area contributed by atoms with Gasteiger partial charge in [-0.3, -0.25) is 0 Å². The molecule has 22 heavy (non-hydrogen) atoms. The van der Waals surface area contributed by atoms with Gasteiger partial charge in [-0.15, -0.1) is 0 Å². The summed E-state index contributed by atoms with van der Waals surface area (Å²) in [4.78, 5) is 4.32. The molecule has 0 radical (unpaired) electrons. The molecule has 6 heteroatoms. The lowest BCUT2D eigenvalue weighted by Gasteiger charge is -2.34. The molecule has 0 spiro atoms. The maximum Gasteiger partial charge on any atom is 0.293 e. The van der Waals surface area contributed by atoms with Crippen molar-refractivity contribution >= 4 is 5.84 Å². The molecule has 2 aliphatic rings. The molecule has 6 nitrogen and oxygen atoms in total. The summed E-state index contributed by atoms with van der Waals surface area (Å²) in [6.45, 7) is 10.3. The monoisotopic (exact) mass is 304 g/mol. The van der Waals surface area contributed by atoms with Gasteiger partial charge in [0.1, 0.15) is 11.3 Å². The molecule has 1 heterocycles. The molecule has 3 atom stereocenters. The zero-order valence-corrected chi connectivity index (χ0v) is 13.9. The van der Waals surface area contributed by atoms with E-state index < -0.39 is 22.2 Å². The van der Waals surface area contributed by atoms with Crippen molar-refractivity contribution in [1.82, 2.24) is 0 Å². The van der Waals surface area contributed by atoms with Crippen LogP contribution in [0.25, 0.3) is 0 Å². The molecule has 0 saturated heterocycles. The van der Waals surface area contributed by atoms with E-state index in [0.29, 0.717) is 25.6 Å². The lowest BCUT2D eigenvalue weighted by Crippen LogP contribution is -2.45. The van der Waals surface area contributed by atoms with Crippen LogP contribution in [-0.2, 0) is 9.47 Å². The fourth-order valence-electron chi connectivity index (χ4n) is 4.55. The van der Waals surface area contributed by atoms with E-state index >= 15 is 0 Å². The Morgan fingerprint density at radius 1 is 1.18 bits per heavy atom. The Morgan fingerprint density at radius 2 is 1.73 bits per heavy atom. The maximum atomic E-state index is 10.0. The van der Waals surface area contributed by atoms with Crippen molar-refractivity contribution in [1.29, 1.82) is 10.5 Å². The van der Waals surface area contributed by atoms with Crippen LogP contribution in [0.2, 0.25) is 0 Å². The third-order valence-corrected chi connectivity index (χ3v) is 5.11. The number of nitrogens with two attached hydrogens (primary N) is 1. The van der Waals surface area contributed by atoms with Gasteiger partial charge in [0.2, 0.25) is 0 Å². The maximum absolute atomic E-state index is 10.0. The van der Waals surface area contributed by atoms with Crippen LogP contribution in [0.5, 0.6) is 0 Å². The molecule has 1 saturated carbocycles. The number of fused-ring (bicyclic) bond motifs is 1. The van der Waals surface area contributed by atoms with Crippen LogP contribution in [0.3, 0.4) is 0 Å². The molecule has 0 aromatic carbocycles. The fourth-order valence-corrected chi connectivity index (χ4v) is 4.55. The van der Waals surface area contributed by atoms with E-state index in [4.69, 9.17) is 15.2 Å². The summed E-state index contributed by atoms with van der Waals surface area (Å²) < 4.78 is 11.6. The lowest BCUT2D eigenvalue weighted by molar-refractivity contribution is -0.261. The van der Waals surface area contributed by atoms with Crippen LogP contribution in [0, 0.1) is 44.8 Å². The largest absolute Gasteiger partial charge is 0.386 e. The molecule has 0 aromatic rings. The lowest BCUT2D eigenvalue weighted by atomic mass is 9.84. The van der Waals surface area contributed by atoms with Crippen LogP contribution in [-0.4, -0.2) is 25.0 Å². The summed E-state index contributed by atoms with van der Waals surface area (Å²) in [5.74, 6) is -1.03. The Labute approximate surface area is 131 Å². The second kappa shape index (κ2) is 4.94. The first kappa shape index (κ1) is 16.7. The first-order chi connectivity index (χ1) is 10.3. The molecule has 2 rings (SSSR count). The fraction of sp³-hybridized carbons (Fsp3) is 0.812. The van der Waals surface area contributed by atoms with Crippen LogP contribution >= 0.6 is 0 Å². The van der Waals surface area contributed by atoms with Crippen molar-refractivity contribution in [2.45, 2.75) is 47.0 Å². The summed E-state index contributed by atoms with van der Waals surface area (Å²) in [5, 5.41) is 19.9. The minimum Gasteiger partial charge on any atom is -0.386 e. The highest BCUT2D eigenvalue weighted by molar-refractivity contribution is 6.00. The molecule has 120 valence electrons. The highest BCUT2D eigenvalue weighted by atomic mass is 16.7. The second-order valence-electron chi connectivity index (χ2n) is 6.60. The molecular weight excluding hydrogens is 280 g/mol. The highest BCUT2D eigenvalue weighted by Gasteiger charge is 2.99. The molecule has 0 aromatic heterocycles. The molecule has 1 aliphatic carbocycles. The van der Waals surface area contributed by atoms with E-state index in [1.54, 1.807) is 0 Å². The van der Waals surface area contributed by atoms with Crippen LogP contribution < -0.4 is 5.73 Å².